The predicted octanol–water partition coefficient (Wildman–Crippen LogP) is 2.85. The first kappa shape index (κ1) is 11.0. The number of hydrogen-bond acceptors (Lipinski definition) is 2. The molecule has 0 atom stereocenters. The Morgan fingerprint density at radius 3 is 2.57 bits per heavy atom. The number of nitrogens with zero attached hydrogens (tertiary/aromatic N) is 1. The van der Waals surface area contributed by atoms with Gasteiger partial charge in [0.05, 0.1) is 0 Å². The molecular weight excluding hydrogens is 219 g/mol. The zero-order chi connectivity index (χ0) is 10.9. The van der Waals surface area contributed by atoms with Gasteiger partial charge in [-0.1, -0.05) is 0 Å². The highest BCUT2D eigenvalue weighted by molar-refractivity contribution is 6.67. The summed E-state index contributed by atoms with van der Waals surface area (Å²) in [6.45, 7) is 1.24. The molecule has 0 aromatic carbocycles. The van der Waals surface area contributed by atoms with Crippen LogP contribution in [0.1, 0.15) is 28.0 Å². The SMILES string of the molecule is Cc1c(C(=O)Cl)cc(F)nc1C(F)F. The lowest BCUT2D eigenvalue weighted by Crippen LogP contribution is -2.04. The van der Waals surface area contributed by atoms with Crippen molar-refractivity contribution in [1.82, 2.24) is 4.98 Å². The molecule has 1 heterocycles. The molecule has 0 spiro atoms. The maximum atomic E-state index is 12.7. The molecule has 0 saturated heterocycles. The zero-order valence-electron chi connectivity index (χ0n) is 7.02. The van der Waals surface area contributed by atoms with E-state index in [1.807, 2.05) is 0 Å². The second kappa shape index (κ2) is 3.96. The van der Waals surface area contributed by atoms with Crippen LogP contribution in [-0.4, -0.2) is 10.2 Å². The quantitative estimate of drug-likeness (QED) is 0.570. The lowest BCUT2D eigenvalue weighted by molar-refractivity contribution is 0.107. The monoisotopic (exact) mass is 223 g/mol. The van der Waals surface area contributed by atoms with Crippen LogP contribution >= 0.6 is 11.6 Å². The van der Waals surface area contributed by atoms with Gasteiger partial charge in [-0.05, 0) is 24.1 Å². The van der Waals surface area contributed by atoms with Crippen LogP contribution in [0.25, 0.3) is 0 Å². The number of carbonyl (C=O) groups excluding carboxylic acids is 1. The van der Waals surface area contributed by atoms with Crippen LogP contribution in [0.15, 0.2) is 6.07 Å². The first-order valence-corrected chi connectivity index (χ1v) is 3.96. The van der Waals surface area contributed by atoms with Crippen molar-refractivity contribution in [2.24, 2.45) is 0 Å². The minimum Gasteiger partial charge on any atom is -0.276 e. The summed E-state index contributed by atoms with van der Waals surface area (Å²) in [5.41, 5.74) is -1.13. The maximum Gasteiger partial charge on any atom is 0.280 e. The summed E-state index contributed by atoms with van der Waals surface area (Å²) in [6.07, 6.45) is -2.93. The van der Waals surface area contributed by atoms with Gasteiger partial charge >= 0.3 is 0 Å². The fourth-order valence-electron chi connectivity index (χ4n) is 1.01. The van der Waals surface area contributed by atoms with Crippen molar-refractivity contribution in [3.8, 4) is 0 Å². The molecule has 0 bridgehead atoms. The van der Waals surface area contributed by atoms with Crippen molar-refractivity contribution < 1.29 is 18.0 Å². The van der Waals surface area contributed by atoms with Gasteiger partial charge in [-0.3, -0.25) is 4.79 Å². The zero-order valence-corrected chi connectivity index (χ0v) is 7.78. The third kappa shape index (κ3) is 2.04. The van der Waals surface area contributed by atoms with Crippen LogP contribution in [0.4, 0.5) is 13.2 Å². The highest BCUT2D eigenvalue weighted by Gasteiger charge is 2.19. The molecule has 1 aromatic heterocycles. The predicted molar refractivity (Wildman–Crippen MR) is 44.1 cm³/mol. The molecule has 0 N–H and O–H groups in total. The van der Waals surface area contributed by atoms with Gasteiger partial charge in [0.2, 0.25) is 5.95 Å². The summed E-state index contributed by atoms with van der Waals surface area (Å²) in [6, 6.07) is 0.733. The smallest absolute Gasteiger partial charge is 0.276 e. The van der Waals surface area contributed by atoms with Crippen molar-refractivity contribution in [3.63, 3.8) is 0 Å². The maximum absolute atomic E-state index is 12.7. The van der Waals surface area contributed by atoms with E-state index in [2.05, 4.69) is 4.98 Å². The molecule has 0 fully saturated rings. The summed E-state index contributed by atoms with van der Waals surface area (Å²) < 4.78 is 37.2. The number of carbonyl (C=O) groups is 1. The van der Waals surface area contributed by atoms with Crippen molar-refractivity contribution >= 4 is 16.8 Å². The fourth-order valence-corrected chi connectivity index (χ4v) is 1.21. The Morgan fingerprint density at radius 2 is 2.14 bits per heavy atom. The number of pyridine rings is 1. The molecule has 0 aliphatic rings. The molecule has 1 rings (SSSR count). The average molecular weight is 224 g/mol. The Hall–Kier alpha value is -1.10. The van der Waals surface area contributed by atoms with Crippen LogP contribution < -0.4 is 0 Å². The fraction of sp³-hybridized carbons (Fsp3) is 0.250. The van der Waals surface area contributed by atoms with E-state index < -0.39 is 23.3 Å². The Labute approximate surface area is 82.7 Å². The number of alkyl halides is 2. The van der Waals surface area contributed by atoms with Gasteiger partial charge in [-0.2, -0.15) is 4.39 Å². The lowest BCUT2D eigenvalue weighted by atomic mass is 10.1. The van der Waals surface area contributed by atoms with Crippen molar-refractivity contribution in [2.75, 3.05) is 0 Å². The number of rotatable bonds is 2. The normalized spacial score (nSPS) is 10.7. The van der Waals surface area contributed by atoms with Crippen LogP contribution in [-0.2, 0) is 0 Å². The number of hydrogen-bond donors (Lipinski definition) is 0. The van der Waals surface area contributed by atoms with E-state index >= 15 is 0 Å². The highest BCUT2D eigenvalue weighted by Crippen LogP contribution is 2.24. The van der Waals surface area contributed by atoms with Crippen molar-refractivity contribution in [3.05, 3.63) is 28.8 Å². The van der Waals surface area contributed by atoms with Gasteiger partial charge in [0, 0.05) is 11.6 Å². The van der Waals surface area contributed by atoms with E-state index in [1.165, 1.54) is 6.92 Å². The first-order valence-electron chi connectivity index (χ1n) is 3.58. The summed E-state index contributed by atoms with van der Waals surface area (Å²) >= 11 is 5.08. The minimum absolute atomic E-state index is 0.0959. The first-order chi connectivity index (χ1) is 6.43. The molecule has 14 heavy (non-hydrogen) atoms. The van der Waals surface area contributed by atoms with Crippen molar-refractivity contribution in [2.45, 2.75) is 13.3 Å². The largest absolute Gasteiger partial charge is 0.280 e. The third-order valence-corrected chi connectivity index (χ3v) is 1.90. The molecule has 0 amide bonds. The minimum atomic E-state index is -2.93. The Balaban J connectivity index is 3.40. The molecule has 76 valence electrons. The third-order valence-electron chi connectivity index (χ3n) is 1.70. The molecule has 0 saturated carbocycles. The van der Waals surface area contributed by atoms with E-state index in [4.69, 9.17) is 11.6 Å². The van der Waals surface area contributed by atoms with E-state index in [9.17, 15) is 18.0 Å². The van der Waals surface area contributed by atoms with Crippen LogP contribution in [0.2, 0.25) is 0 Å². The summed E-state index contributed by atoms with van der Waals surface area (Å²) in [7, 11) is 0. The molecule has 1 aromatic rings. The number of aromatic nitrogens is 1. The molecule has 6 heteroatoms. The van der Waals surface area contributed by atoms with Gasteiger partial charge in [0.1, 0.15) is 5.69 Å². The van der Waals surface area contributed by atoms with E-state index in [1.54, 1.807) is 0 Å². The molecule has 0 aliphatic heterocycles. The molecule has 2 nitrogen and oxygen atoms in total. The standard InChI is InChI=1S/C8H5ClF3NO/c1-3-4(7(9)14)2-5(10)13-6(3)8(11)12/h2,8H,1H3. The Morgan fingerprint density at radius 1 is 1.57 bits per heavy atom. The highest BCUT2D eigenvalue weighted by atomic mass is 35.5. The van der Waals surface area contributed by atoms with Gasteiger partial charge in [0.15, 0.2) is 0 Å². The lowest BCUT2D eigenvalue weighted by Gasteiger charge is -2.06. The van der Waals surface area contributed by atoms with E-state index in [0.717, 1.165) is 6.07 Å². The van der Waals surface area contributed by atoms with E-state index in [0.29, 0.717) is 0 Å². The topological polar surface area (TPSA) is 30.0 Å². The van der Waals surface area contributed by atoms with Crippen LogP contribution in [0.3, 0.4) is 0 Å². The molecule has 0 aliphatic carbocycles. The molecular formula is C8H5ClF3NO. The van der Waals surface area contributed by atoms with Crippen LogP contribution in [0.5, 0.6) is 0 Å². The van der Waals surface area contributed by atoms with Gasteiger partial charge < -0.3 is 0 Å². The van der Waals surface area contributed by atoms with Gasteiger partial charge in [0.25, 0.3) is 11.7 Å². The van der Waals surface area contributed by atoms with Crippen LogP contribution in [0, 0.1) is 12.9 Å². The molecule has 0 unspecified atom stereocenters. The average Bonchev–Trinajstić information content (AvgIpc) is 2.07. The van der Waals surface area contributed by atoms with Gasteiger partial charge in [-0.15, -0.1) is 0 Å². The van der Waals surface area contributed by atoms with Crippen molar-refractivity contribution in [1.29, 1.82) is 0 Å². The number of halogens is 4. The second-order valence-electron chi connectivity index (χ2n) is 2.58. The molecule has 0 radical (unpaired) electrons. The Bertz CT molecular complexity index is 381. The van der Waals surface area contributed by atoms with E-state index in [-0.39, 0.29) is 11.1 Å². The summed E-state index contributed by atoms with van der Waals surface area (Å²) in [4.78, 5) is 13.7. The second-order valence-corrected chi connectivity index (χ2v) is 2.92. The van der Waals surface area contributed by atoms with Gasteiger partial charge in [-0.25, -0.2) is 13.8 Å². The summed E-state index contributed by atoms with van der Waals surface area (Å²) in [5.74, 6) is -1.14. The summed E-state index contributed by atoms with van der Waals surface area (Å²) in [5, 5.41) is -0.981. The Kier molecular flexibility index (Phi) is 3.10.